The molecule has 4 heterocycles. The van der Waals surface area contributed by atoms with E-state index >= 15 is 0 Å². The first kappa shape index (κ1) is 27.5. The SMILES string of the molecule is Cl.Cl.O=C1O[C@]2(CC[C@H](CNc3ccc4nc(-c5cc(F)cc(F)c5)cn4n3)CC2)CN1c1cccnn1. The Morgan fingerprint density at radius 1 is 1.08 bits per heavy atom. The highest BCUT2D eigenvalue weighted by atomic mass is 35.5. The molecule has 3 aromatic heterocycles. The molecule has 1 spiro atoms. The zero-order valence-electron chi connectivity index (χ0n) is 20.1. The van der Waals surface area contributed by atoms with Crippen molar-refractivity contribution < 1.29 is 18.3 Å². The monoisotopic (exact) mass is 563 g/mol. The van der Waals surface area contributed by atoms with Crippen molar-refractivity contribution in [3.63, 3.8) is 0 Å². The van der Waals surface area contributed by atoms with Crippen LogP contribution < -0.4 is 10.2 Å². The van der Waals surface area contributed by atoms with Crippen LogP contribution in [0.5, 0.6) is 0 Å². The minimum atomic E-state index is -0.652. The third-order valence-corrected chi connectivity index (χ3v) is 6.87. The molecular formula is C25H25Cl2F2N7O2. The summed E-state index contributed by atoms with van der Waals surface area (Å²) in [5.74, 6) is 0.292. The first-order chi connectivity index (χ1) is 17.5. The van der Waals surface area contributed by atoms with Crippen molar-refractivity contribution in [3.05, 3.63) is 66.5 Å². The number of rotatable bonds is 5. The number of fused-ring (bicyclic) bond motifs is 1. The maximum atomic E-state index is 13.6. The lowest BCUT2D eigenvalue weighted by Gasteiger charge is -2.35. The molecule has 2 aliphatic rings. The van der Waals surface area contributed by atoms with Gasteiger partial charge in [0.2, 0.25) is 0 Å². The van der Waals surface area contributed by atoms with Gasteiger partial charge < -0.3 is 10.1 Å². The number of halogens is 4. The largest absolute Gasteiger partial charge is 0.441 e. The molecule has 0 bridgehead atoms. The summed E-state index contributed by atoms with van der Waals surface area (Å²) in [5, 5.41) is 15.8. The molecule has 38 heavy (non-hydrogen) atoms. The van der Waals surface area contributed by atoms with Crippen molar-refractivity contribution in [2.45, 2.75) is 31.3 Å². The Hall–Kier alpha value is -3.57. The lowest BCUT2D eigenvalue weighted by atomic mass is 9.78. The molecule has 1 saturated carbocycles. The summed E-state index contributed by atoms with van der Waals surface area (Å²) >= 11 is 0. The van der Waals surface area contributed by atoms with Crippen LogP contribution in [0.4, 0.5) is 25.2 Å². The lowest BCUT2D eigenvalue weighted by Crippen LogP contribution is -2.39. The number of carbonyl (C=O) groups excluding carboxylic acids is 1. The van der Waals surface area contributed by atoms with E-state index in [-0.39, 0.29) is 30.9 Å². The Labute approximate surface area is 229 Å². The van der Waals surface area contributed by atoms with Crippen molar-refractivity contribution in [1.82, 2.24) is 24.8 Å². The molecule has 9 nitrogen and oxygen atoms in total. The zero-order chi connectivity index (χ0) is 24.7. The van der Waals surface area contributed by atoms with Gasteiger partial charge in [0.05, 0.1) is 18.4 Å². The van der Waals surface area contributed by atoms with Crippen molar-refractivity contribution in [2.75, 3.05) is 23.3 Å². The number of nitrogens with zero attached hydrogens (tertiary/aromatic N) is 6. The van der Waals surface area contributed by atoms with Crippen molar-refractivity contribution >= 4 is 48.2 Å². The molecule has 0 atom stereocenters. The number of benzene rings is 1. The standard InChI is InChI=1S/C25H23F2N7O2.2ClH/c26-18-10-17(11-19(27)12-18)20-14-34-22(30-20)4-3-21(32-34)28-13-16-5-7-25(8-6-16)15-33(24(35)36-25)23-2-1-9-29-31-23;;/h1-4,9-12,14,16H,5-8,13,15H2,(H,28,32);2*1H/t16-,25-;;. The van der Waals surface area contributed by atoms with Crippen LogP contribution in [0.1, 0.15) is 25.7 Å². The zero-order valence-corrected chi connectivity index (χ0v) is 21.7. The number of ether oxygens (including phenoxy) is 1. The van der Waals surface area contributed by atoms with Gasteiger partial charge in [0, 0.05) is 24.4 Å². The molecular weight excluding hydrogens is 539 g/mol. The Morgan fingerprint density at radius 2 is 1.84 bits per heavy atom. The van der Waals surface area contributed by atoms with Gasteiger partial charge in [0.25, 0.3) is 0 Å². The number of hydrogen-bond acceptors (Lipinski definition) is 7. The molecule has 2 fully saturated rings. The molecule has 4 aromatic rings. The molecule has 0 radical (unpaired) electrons. The molecule has 6 rings (SSSR count). The quantitative estimate of drug-likeness (QED) is 0.351. The normalized spacial score (nSPS) is 20.6. The van der Waals surface area contributed by atoms with Gasteiger partial charge in [0.15, 0.2) is 11.5 Å². The number of hydrogen-bond donors (Lipinski definition) is 1. The average molecular weight is 564 g/mol. The number of imidazole rings is 1. The second-order valence-electron chi connectivity index (χ2n) is 9.35. The third kappa shape index (κ3) is 5.48. The maximum absolute atomic E-state index is 13.6. The Morgan fingerprint density at radius 3 is 2.55 bits per heavy atom. The van der Waals surface area contributed by atoms with Gasteiger partial charge >= 0.3 is 6.09 Å². The highest BCUT2D eigenvalue weighted by Crippen LogP contribution is 2.40. The molecule has 0 unspecified atom stereocenters. The Bertz CT molecular complexity index is 1410. The molecule has 1 amide bonds. The van der Waals surface area contributed by atoms with Crippen molar-refractivity contribution in [3.8, 4) is 11.3 Å². The first-order valence-corrected chi connectivity index (χ1v) is 11.8. The van der Waals surface area contributed by atoms with Gasteiger partial charge in [-0.3, -0.25) is 4.90 Å². The van der Waals surface area contributed by atoms with Crippen LogP contribution >= 0.6 is 24.8 Å². The Kier molecular flexibility index (Phi) is 7.98. The number of nitrogens with one attached hydrogen (secondary N) is 1. The van der Waals surface area contributed by atoms with Crippen LogP contribution in [0, 0.1) is 17.6 Å². The summed E-state index contributed by atoms with van der Waals surface area (Å²) < 4.78 is 34.6. The van der Waals surface area contributed by atoms with Gasteiger partial charge in [-0.2, -0.15) is 5.10 Å². The summed E-state index contributed by atoms with van der Waals surface area (Å²) in [6, 6.07) is 10.5. The van der Waals surface area contributed by atoms with Crippen molar-refractivity contribution in [1.29, 1.82) is 0 Å². The van der Waals surface area contributed by atoms with Crippen LogP contribution in [0.15, 0.2) is 54.9 Å². The lowest BCUT2D eigenvalue weighted by molar-refractivity contribution is 0.0148. The molecule has 1 aromatic carbocycles. The van der Waals surface area contributed by atoms with Gasteiger partial charge in [0.1, 0.15) is 23.1 Å². The smallest absolute Gasteiger partial charge is 0.416 e. The number of anilines is 2. The summed E-state index contributed by atoms with van der Waals surface area (Å²) in [4.78, 5) is 18.4. The molecule has 1 aliphatic heterocycles. The van der Waals surface area contributed by atoms with E-state index in [1.54, 1.807) is 33.9 Å². The topological polar surface area (TPSA) is 97.5 Å². The van der Waals surface area contributed by atoms with E-state index < -0.39 is 17.2 Å². The van der Waals surface area contributed by atoms with Crippen molar-refractivity contribution in [2.24, 2.45) is 5.92 Å². The number of amides is 1. The fourth-order valence-electron chi connectivity index (χ4n) is 4.97. The maximum Gasteiger partial charge on any atom is 0.416 e. The predicted molar refractivity (Wildman–Crippen MR) is 142 cm³/mol. The van der Waals surface area contributed by atoms with Crippen LogP contribution in [-0.2, 0) is 4.74 Å². The van der Waals surface area contributed by atoms with Gasteiger partial charge in [-0.1, -0.05) is 0 Å². The minimum Gasteiger partial charge on any atom is -0.441 e. The van der Waals surface area contributed by atoms with Crippen LogP contribution in [0.25, 0.3) is 16.9 Å². The van der Waals surface area contributed by atoms with Crippen LogP contribution in [0.2, 0.25) is 0 Å². The molecule has 13 heteroatoms. The molecule has 1 aliphatic carbocycles. The van der Waals surface area contributed by atoms with Crippen LogP contribution in [0.3, 0.4) is 0 Å². The molecule has 1 saturated heterocycles. The predicted octanol–water partition coefficient (Wildman–Crippen LogP) is 5.31. The summed E-state index contributed by atoms with van der Waals surface area (Å²) in [6.45, 7) is 1.22. The fraction of sp³-hybridized carbons (Fsp3) is 0.320. The van der Waals surface area contributed by atoms with Gasteiger partial charge in [-0.15, -0.1) is 35.0 Å². The molecule has 200 valence electrons. The van der Waals surface area contributed by atoms with E-state index in [0.717, 1.165) is 38.3 Å². The van der Waals surface area contributed by atoms with Gasteiger partial charge in [-0.05, 0) is 68.0 Å². The number of carbonyl (C=O) groups is 1. The van der Waals surface area contributed by atoms with E-state index in [0.29, 0.717) is 41.0 Å². The van der Waals surface area contributed by atoms with Crippen LogP contribution in [-0.4, -0.2) is 49.6 Å². The highest BCUT2D eigenvalue weighted by Gasteiger charge is 2.48. The minimum absolute atomic E-state index is 0. The number of aromatic nitrogens is 5. The van der Waals surface area contributed by atoms with Gasteiger partial charge in [-0.25, -0.2) is 23.1 Å². The van der Waals surface area contributed by atoms with E-state index in [2.05, 4.69) is 25.6 Å². The van der Waals surface area contributed by atoms with E-state index in [4.69, 9.17) is 4.74 Å². The van der Waals surface area contributed by atoms with E-state index in [1.165, 1.54) is 12.1 Å². The van der Waals surface area contributed by atoms with E-state index in [1.807, 2.05) is 12.1 Å². The Balaban J connectivity index is 0.00000168. The second kappa shape index (κ2) is 11.0. The summed E-state index contributed by atoms with van der Waals surface area (Å²) in [7, 11) is 0. The highest BCUT2D eigenvalue weighted by molar-refractivity contribution is 5.89. The fourth-order valence-corrected chi connectivity index (χ4v) is 4.97. The second-order valence-corrected chi connectivity index (χ2v) is 9.35. The third-order valence-electron chi connectivity index (χ3n) is 6.87. The molecule has 1 N–H and O–H groups in total. The first-order valence-electron chi connectivity index (χ1n) is 11.8. The summed E-state index contributed by atoms with van der Waals surface area (Å²) in [6.07, 6.45) is 6.24. The van der Waals surface area contributed by atoms with E-state index in [9.17, 15) is 13.6 Å². The summed E-state index contributed by atoms with van der Waals surface area (Å²) in [5.41, 5.74) is 0.896. The average Bonchev–Trinajstić information content (AvgIpc) is 3.44.